The molecule has 2 saturated heterocycles. The van der Waals surface area contributed by atoms with E-state index in [1.54, 1.807) is 12.1 Å². The van der Waals surface area contributed by atoms with E-state index in [4.69, 9.17) is 18.9 Å². The Kier molecular flexibility index (Phi) is 16.3. The lowest BCUT2D eigenvalue weighted by molar-refractivity contribution is -0.262. The molecule has 264 valence electrons. The average Bonchev–Trinajstić information content (AvgIpc) is 3.04. The van der Waals surface area contributed by atoms with E-state index in [9.17, 15) is 29.4 Å². The first-order valence-electron chi connectivity index (χ1n) is 16.3. The lowest BCUT2D eigenvalue weighted by Gasteiger charge is -2.42. The van der Waals surface area contributed by atoms with Crippen LogP contribution in [0.4, 0.5) is 5.69 Å². The van der Waals surface area contributed by atoms with Crippen molar-refractivity contribution >= 4 is 29.3 Å². The van der Waals surface area contributed by atoms with Crippen LogP contribution in [-0.2, 0) is 33.3 Å². The minimum absolute atomic E-state index is 0.0186. The van der Waals surface area contributed by atoms with E-state index in [-0.39, 0.29) is 44.2 Å². The highest BCUT2D eigenvalue weighted by molar-refractivity contribution is 5.96. The summed E-state index contributed by atoms with van der Waals surface area (Å²) < 4.78 is 22.4. The molecule has 47 heavy (non-hydrogen) atoms. The number of carbonyl (C=O) groups is 4. The van der Waals surface area contributed by atoms with Crippen LogP contribution in [0.3, 0.4) is 0 Å². The minimum Gasteiger partial charge on any atom is -0.388 e. The number of benzene rings is 1. The van der Waals surface area contributed by atoms with Crippen molar-refractivity contribution in [1.29, 1.82) is 0 Å². The van der Waals surface area contributed by atoms with Crippen molar-refractivity contribution in [2.45, 2.75) is 89.6 Å². The maximum Gasteiger partial charge on any atom is 0.251 e. The molecule has 2 heterocycles. The van der Waals surface area contributed by atoms with Gasteiger partial charge in [-0.05, 0) is 51.0 Å². The van der Waals surface area contributed by atoms with E-state index in [0.717, 1.165) is 31.6 Å². The van der Waals surface area contributed by atoms with Gasteiger partial charge in [0.2, 0.25) is 17.7 Å². The van der Waals surface area contributed by atoms with Crippen molar-refractivity contribution in [3.63, 3.8) is 0 Å². The molecule has 2 fully saturated rings. The fraction of sp³-hybridized carbons (Fsp3) is 0.688. The molecule has 0 saturated carbocycles. The van der Waals surface area contributed by atoms with E-state index in [0.29, 0.717) is 38.2 Å². The van der Waals surface area contributed by atoms with Crippen molar-refractivity contribution in [3.8, 4) is 0 Å². The highest BCUT2D eigenvalue weighted by atomic mass is 16.7. The third kappa shape index (κ3) is 13.4. The van der Waals surface area contributed by atoms with Crippen LogP contribution < -0.4 is 26.2 Å². The third-order valence-corrected chi connectivity index (χ3v) is 7.72. The molecule has 1 aromatic carbocycles. The van der Waals surface area contributed by atoms with E-state index in [2.05, 4.69) is 26.2 Å². The van der Waals surface area contributed by atoms with Crippen LogP contribution in [0.1, 0.15) is 63.2 Å². The number of morpholine rings is 1. The van der Waals surface area contributed by atoms with Crippen LogP contribution in [0.2, 0.25) is 0 Å². The summed E-state index contributed by atoms with van der Waals surface area (Å²) in [5.74, 6) is -1.54. The number of hydrogen-bond donors (Lipinski definition) is 6. The lowest BCUT2D eigenvalue weighted by Crippen LogP contribution is -2.65. The molecule has 2 aliphatic heterocycles. The number of unbranched alkanes of at least 4 members (excludes halogenated alkanes) is 3. The minimum atomic E-state index is -1.39. The highest BCUT2D eigenvalue weighted by Crippen LogP contribution is 2.23. The molecular formula is C32H51N5O10. The third-order valence-electron chi connectivity index (χ3n) is 7.72. The molecule has 0 radical (unpaired) electrons. The Balaban J connectivity index is 1.38. The molecule has 1 aromatic rings. The largest absolute Gasteiger partial charge is 0.388 e. The number of aliphatic hydroxyl groups is 2. The topological polar surface area (TPSA) is 197 Å². The Labute approximate surface area is 276 Å². The fourth-order valence-corrected chi connectivity index (χ4v) is 5.14. The van der Waals surface area contributed by atoms with Gasteiger partial charge >= 0.3 is 0 Å². The summed E-state index contributed by atoms with van der Waals surface area (Å²) in [5.41, 5.74) is 1.44. The Hall–Kier alpha value is -3.34. The molecule has 0 spiro atoms. The SMILES string of the molecule is CC(=O)NC1C(OCCCCCCNC(=O)CC(=O)NCOC(C)C)OC(CNC(=O)c2ccc(N3CCOCC3)cc2)C(O)C1O. The quantitative estimate of drug-likeness (QED) is 0.0689. The van der Waals surface area contributed by atoms with Crippen molar-refractivity contribution in [2.24, 2.45) is 0 Å². The van der Waals surface area contributed by atoms with Gasteiger partial charge in [-0.25, -0.2) is 0 Å². The number of nitrogens with one attached hydrogen (secondary N) is 4. The molecule has 4 amide bonds. The highest BCUT2D eigenvalue weighted by Gasteiger charge is 2.45. The van der Waals surface area contributed by atoms with Crippen molar-refractivity contribution < 1.29 is 48.3 Å². The molecule has 0 bridgehead atoms. The van der Waals surface area contributed by atoms with Gasteiger partial charge in [0.05, 0.1) is 19.3 Å². The Morgan fingerprint density at radius 1 is 0.936 bits per heavy atom. The smallest absolute Gasteiger partial charge is 0.251 e. The van der Waals surface area contributed by atoms with Gasteiger partial charge in [0.1, 0.15) is 37.5 Å². The molecule has 0 aromatic heterocycles. The van der Waals surface area contributed by atoms with Crippen LogP contribution in [-0.4, -0.2) is 123 Å². The predicted molar refractivity (Wildman–Crippen MR) is 171 cm³/mol. The number of nitrogens with zero attached hydrogens (tertiary/aromatic N) is 1. The van der Waals surface area contributed by atoms with Crippen molar-refractivity contribution in [3.05, 3.63) is 29.8 Å². The van der Waals surface area contributed by atoms with E-state index in [1.807, 2.05) is 26.0 Å². The predicted octanol–water partition coefficient (Wildman–Crippen LogP) is -0.214. The maximum atomic E-state index is 12.8. The Morgan fingerprint density at radius 2 is 1.62 bits per heavy atom. The molecule has 5 atom stereocenters. The summed E-state index contributed by atoms with van der Waals surface area (Å²) in [4.78, 5) is 50.5. The van der Waals surface area contributed by atoms with E-state index < -0.39 is 42.5 Å². The number of ether oxygens (including phenoxy) is 4. The van der Waals surface area contributed by atoms with Crippen LogP contribution >= 0.6 is 0 Å². The van der Waals surface area contributed by atoms with E-state index in [1.165, 1.54) is 6.92 Å². The summed E-state index contributed by atoms with van der Waals surface area (Å²) in [6, 6.07) is 6.20. The summed E-state index contributed by atoms with van der Waals surface area (Å²) in [6.07, 6.45) is -2.17. The number of carbonyl (C=O) groups excluding carboxylic acids is 4. The first kappa shape index (κ1) is 38.1. The van der Waals surface area contributed by atoms with Crippen molar-refractivity contribution in [1.82, 2.24) is 21.3 Å². The molecule has 15 nitrogen and oxygen atoms in total. The summed E-state index contributed by atoms with van der Waals surface area (Å²) >= 11 is 0. The van der Waals surface area contributed by atoms with Crippen molar-refractivity contribution in [2.75, 3.05) is 57.6 Å². The van der Waals surface area contributed by atoms with Crippen LogP contribution in [0.25, 0.3) is 0 Å². The maximum absolute atomic E-state index is 12.8. The van der Waals surface area contributed by atoms with Gasteiger partial charge in [-0.2, -0.15) is 0 Å². The summed E-state index contributed by atoms with van der Waals surface area (Å²) in [7, 11) is 0. The van der Waals surface area contributed by atoms with Crippen LogP contribution in [0, 0.1) is 0 Å². The molecule has 6 N–H and O–H groups in total. The van der Waals surface area contributed by atoms with Gasteiger partial charge in [0.25, 0.3) is 5.91 Å². The van der Waals surface area contributed by atoms with Gasteiger partial charge in [0.15, 0.2) is 6.29 Å². The van der Waals surface area contributed by atoms with Crippen LogP contribution in [0.15, 0.2) is 24.3 Å². The molecule has 0 aliphatic carbocycles. The second-order valence-electron chi connectivity index (χ2n) is 11.9. The number of amides is 4. The van der Waals surface area contributed by atoms with E-state index >= 15 is 0 Å². The Bertz CT molecular complexity index is 1130. The molecule has 5 unspecified atom stereocenters. The van der Waals surface area contributed by atoms with Gasteiger partial charge < -0.3 is 55.3 Å². The number of hydrogen-bond acceptors (Lipinski definition) is 11. The second kappa shape index (κ2) is 20.1. The zero-order valence-electron chi connectivity index (χ0n) is 27.6. The van der Waals surface area contributed by atoms with Gasteiger partial charge in [0, 0.05) is 51.0 Å². The monoisotopic (exact) mass is 665 g/mol. The first-order valence-corrected chi connectivity index (χ1v) is 16.3. The first-order chi connectivity index (χ1) is 22.5. The molecule has 15 heteroatoms. The lowest BCUT2D eigenvalue weighted by atomic mass is 9.96. The number of aliphatic hydroxyl groups excluding tert-OH is 2. The standard InChI is InChI=1S/C32H51N5O10/c1-21(2)46-20-35-27(40)18-26(39)33-12-6-4-5-7-15-45-32-28(36-22(3)38)30(42)29(41)25(47-32)19-34-31(43)23-8-10-24(11-9-23)37-13-16-44-17-14-37/h8-11,21,25,28-30,32,41-42H,4-7,12-20H2,1-3H3,(H,33,39)(H,34,43)(H,35,40)(H,36,38). The van der Waals surface area contributed by atoms with Gasteiger partial charge in [-0.3, -0.25) is 19.2 Å². The zero-order chi connectivity index (χ0) is 34.2. The normalized spacial score (nSPS) is 22.9. The number of rotatable bonds is 18. The summed E-state index contributed by atoms with van der Waals surface area (Å²) in [6.45, 7) is 8.53. The van der Waals surface area contributed by atoms with Gasteiger partial charge in [-0.15, -0.1) is 0 Å². The molecular weight excluding hydrogens is 614 g/mol. The second-order valence-corrected chi connectivity index (χ2v) is 11.9. The van der Waals surface area contributed by atoms with Crippen LogP contribution in [0.5, 0.6) is 0 Å². The zero-order valence-corrected chi connectivity index (χ0v) is 27.6. The molecule has 3 rings (SSSR count). The number of anilines is 1. The molecule has 2 aliphatic rings. The Morgan fingerprint density at radius 3 is 2.30 bits per heavy atom. The summed E-state index contributed by atoms with van der Waals surface area (Å²) in [5, 5.41) is 32.1. The van der Waals surface area contributed by atoms with Gasteiger partial charge in [-0.1, -0.05) is 12.8 Å². The fourth-order valence-electron chi connectivity index (χ4n) is 5.14. The average molecular weight is 666 g/mol.